The predicted octanol–water partition coefficient (Wildman–Crippen LogP) is 4.07. The highest BCUT2D eigenvalue weighted by Gasteiger charge is 2.34. The van der Waals surface area contributed by atoms with Crippen LogP contribution in [0.4, 0.5) is 5.69 Å². The van der Waals surface area contributed by atoms with Crippen LogP contribution in [0.1, 0.15) is 77.2 Å². The van der Waals surface area contributed by atoms with Gasteiger partial charge in [0.05, 0.1) is 5.69 Å². The lowest BCUT2D eigenvalue weighted by atomic mass is 9.87. The molecule has 1 unspecified atom stereocenters. The van der Waals surface area contributed by atoms with Crippen molar-refractivity contribution < 1.29 is 19.2 Å². The normalized spacial score (nSPS) is 15.0. The average molecular weight is 577 g/mol. The highest BCUT2D eigenvalue weighted by atomic mass is 16.2. The van der Waals surface area contributed by atoms with Crippen molar-refractivity contribution in [1.29, 1.82) is 0 Å². The average Bonchev–Trinajstić information content (AvgIpc) is 3.00. The number of carbonyl (C=O) groups is 4. The van der Waals surface area contributed by atoms with Crippen LogP contribution < -0.4 is 10.6 Å². The summed E-state index contributed by atoms with van der Waals surface area (Å²) in [6.07, 6.45) is 1.68. The van der Waals surface area contributed by atoms with E-state index in [9.17, 15) is 19.2 Å². The van der Waals surface area contributed by atoms with E-state index in [1.54, 1.807) is 24.3 Å². The maximum absolute atomic E-state index is 13.1. The number of carbonyl (C=O) groups excluding carboxylic acids is 4. The van der Waals surface area contributed by atoms with Crippen LogP contribution in [0.25, 0.3) is 0 Å². The molecule has 0 saturated carbocycles. The molecular weight excluding hydrogens is 532 g/mol. The molecule has 0 saturated heterocycles. The lowest BCUT2D eigenvalue weighted by Gasteiger charge is -2.18. The zero-order chi connectivity index (χ0) is 30.5. The maximum atomic E-state index is 13.1. The SMILES string of the molecule is CCN(CC)CCCNC(=O)c1cc(N=NC2C(=O)Cc3ccccc3C2=O)cc(C(=O)NCCCN(CC)CC)c1. The van der Waals surface area contributed by atoms with E-state index >= 15 is 0 Å². The summed E-state index contributed by atoms with van der Waals surface area (Å²) in [4.78, 5) is 56.4. The molecule has 2 N–H and O–H groups in total. The minimum absolute atomic E-state index is 0.0999. The fraction of sp³-hybridized carbons (Fsp3) is 0.500. The van der Waals surface area contributed by atoms with E-state index in [1.807, 2.05) is 0 Å². The van der Waals surface area contributed by atoms with Crippen molar-refractivity contribution in [2.75, 3.05) is 52.4 Å². The molecule has 3 rings (SSSR count). The minimum Gasteiger partial charge on any atom is -0.352 e. The highest BCUT2D eigenvalue weighted by molar-refractivity contribution is 6.18. The molecule has 2 aromatic rings. The number of fused-ring (bicyclic) bond motifs is 1. The number of ketones is 2. The Bertz CT molecular complexity index is 1220. The van der Waals surface area contributed by atoms with Crippen LogP contribution in [0.5, 0.6) is 0 Å². The van der Waals surface area contributed by atoms with Crippen LogP contribution >= 0.6 is 0 Å². The van der Waals surface area contributed by atoms with Crippen molar-refractivity contribution in [2.24, 2.45) is 10.2 Å². The summed E-state index contributed by atoms with van der Waals surface area (Å²) in [6, 6.07) is 10.3. The summed E-state index contributed by atoms with van der Waals surface area (Å²) in [5, 5.41) is 14.1. The Kier molecular flexibility index (Phi) is 13.0. The standard InChI is InChI=1S/C32H44N6O4/c1-5-37(6-2)17-11-15-33-31(41)24-19-25(32(42)34-16-12-18-38(7-3)8-4)21-26(20-24)35-36-29-28(39)22-23-13-9-10-14-27(23)30(29)40/h9-10,13-14,19-21,29H,5-8,11-12,15-18,22H2,1-4H3,(H,33,41)(H,34,42). The van der Waals surface area contributed by atoms with E-state index in [1.165, 1.54) is 18.2 Å². The molecule has 0 aliphatic heterocycles. The van der Waals surface area contributed by atoms with Crippen LogP contribution in [-0.2, 0) is 11.2 Å². The smallest absolute Gasteiger partial charge is 0.251 e. The minimum atomic E-state index is -1.25. The van der Waals surface area contributed by atoms with Crippen molar-refractivity contribution in [1.82, 2.24) is 20.4 Å². The van der Waals surface area contributed by atoms with Gasteiger partial charge in [0.15, 0.2) is 17.6 Å². The van der Waals surface area contributed by atoms with Crippen molar-refractivity contribution >= 4 is 29.1 Å². The van der Waals surface area contributed by atoms with Crippen molar-refractivity contribution in [2.45, 2.75) is 53.0 Å². The van der Waals surface area contributed by atoms with Gasteiger partial charge >= 0.3 is 0 Å². The first-order chi connectivity index (χ1) is 20.3. The van der Waals surface area contributed by atoms with E-state index in [4.69, 9.17) is 0 Å². The maximum Gasteiger partial charge on any atom is 0.251 e. The Morgan fingerprint density at radius 2 is 1.33 bits per heavy atom. The zero-order valence-electron chi connectivity index (χ0n) is 25.3. The molecule has 0 spiro atoms. The van der Waals surface area contributed by atoms with Gasteiger partial charge in [-0.3, -0.25) is 19.2 Å². The van der Waals surface area contributed by atoms with E-state index in [2.05, 4.69) is 58.4 Å². The number of Topliss-reactive ketones (excluding diaryl/α,β-unsaturated/α-hetero) is 2. The molecule has 0 aromatic heterocycles. The van der Waals surface area contributed by atoms with Crippen molar-refractivity contribution in [3.05, 3.63) is 64.7 Å². The quantitative estimate of drug-likeness (QED) is 0.176. The van der Waals surface area contributed by atoms with E-state index in [0.29, 0.717) is 24.2 Å². The third-order valence-corrected chi connectivity index (χ3v) is 7.59. The van der Waals surface area contributed by atoms with Gasteiger partial charge in [-0.05, 0) is 75.9 Å². The molecular formula is C32H44N6O4. The first kappa shape index (κ1) is 32.8. The second-order valence-electron chi connectivity index (χ2n) is 10.3. The Labute approximate surface area is 248 Å². The van der Waals surface area contributed by atoms with Crippen LogP contribution in [0, 0.1) is 0 Å². The summed E-state index contributed by atoms with van der Waals surface area (Å²) >= 11 is 0. The lowest BCUT2D eigenvalue weighted by Crippen LogP contribution is -2.35. The molecule has 0 fully saturated rings. The predicted molar refractivity (Wildman–Crippen MR) is 164 cm³/mol. The number of rotatable bonds is 16. The largest absolute Gasteiger partial charge is 0.352 e. The Hall–Kier alpha value is -3.76. The van der Waals surface area contributed by atoms with Gasteiger partial charge in [-0.25, -0.2) is 0 Å². The molecule has 42 heavy (non-hydrogen) atoms. The van der Waals surface area contributed by atoms with Gasteiger partial charge in [-0.1, -0.05) is 52.0 Å². The van der Waals surface area contributed by atoms with Crippen molar-refractivity contribution in [3.63, 3.8) is 0 Å². The summed E-state index contributed by atoms with van der Waals surface area (Å²) in [5.41, 5.74) is 1.88. The van der Waals surface area contributed by atoms with Gasteiger partial charge in [-0.2, -0.15) is 10.2 Å². The Morgan fingerprint density at radius 3 is 1.86 bits per heavy atom. The first-order valence-corrected chi connectivity index (χ1v) is 15.0. The van der Waals surface area contributed by atoms with Gasteiger partial charge < -0.3 is 20.4 Å². The second-order valence-corrected chi connectivity index (χ2v) is 10.3. The van der Waals surface area contributed by atoms with Gasteiger partial charge in [0, 0.05) is 36.2 Å². The lowest BCUT2D eigenvalue weighted by molar-refractivity contribution is -0.118. The fourth-order valence-electron chi connectivity index (χ4n) is 4.96. The van der Waals surface area contributed by atoms with E-state index in [0.717, 1.165) is 52.1 Å². The monoisotopic (exact) mass is 576 g/mol. The van der Waals surface area contributed by atoms with E-state index in [-0.39, 0.29) is 40.8 Å². The molecule has 1 aliphatic rings. The van der Waals surface area contributed by atoms with Crippen LogP contribution in [0.2, 0.25) is 0 Å². The van der Waals surface area contributed by atoms with Gasteiger partial charge in [0.25, 0.3) is 11.8 Å². The van der Waals surface area contributed by atoms with Gasteiger partial charge in [0.1, 0.15) is 0 Å². The van der Waals surface area contributed by atoms with Gasteiger partial charge in [-0.15, -0.1) is 0 Å². The number of nitrogens with one attached hydrogen (secondary N) is 2. The summed E-state index contributed by atoms with van der Waals surface area (Å²) < 4.78 is 0. The molecule has 0 heterocycles. The molecule has 0 bridgehead atoms. The number of nitrogens with zero attached hydrogens (tertiary/aromatic N) is 4. The van der Waals surface area contributed by atoms with Crippen molar-refractivity contribution in [3.8, 4) is 0 Å². The fourth-order valence-corrected chi connectivity index (χ4v) is 4.96. The summed E-state index contributed by atoms with van der Waals surface area (Å²) in [7, 11) is 0. The molecule has 1 atom stereocenters. The molecule has 226 valence electrons. The van der Waals surface area contributed by atoms with E-state index < -0.39 is 11.8 Å². The first-order valence-electron chi connectivity index (χ1n) is 15.0. The molecule has 2 amide bonds. The van der Waals surface area contributed by atoms with Gasteiger partial charge in [0.2, 0.25) is 0 Å². The zero-order valence-corrected chi connectivity index (χ0v) is 25.3. The topological polar surface area (TPSA) is 124 Å². The highest BCUT2D eigenvalue weighted by Crippen LogP contribution is 2.24. The van der Waals surface area contributed by atoms with Crippen LogP contribution in [-0.4, -0.2) is 91.6 Å². The number of hydrogen-bond acceptors (Lipinski definition) is 8. The Balaban J connectivity index is 1.77. The third kappa shape index (κ3) is 9.12. The summed E-state index contributed by atoms with van der Waals surface area (Å²) in [5.74, 6) is -1.41. The van der Waals surface area contributed by atoms with Crippen LogP contribution in [0.3, 0.4) is 0 Å². The third-order valence-electron chi connectivity index (χ3n) is 7.59. The number of hydrogen-bond donors (Lipinski definition) is 2. The molecule has 10 heteroatoms. The Morgan fingerprint density at radius 1 is 0.810 bits per heavy atom. The van der Waals surface area contributed by atoms with Crippen LogP contribution in [0.15, 0.2) is 52.7 Å². The molecule has 2 aromatic carbocycles. The molecule has 10 nitrogen and oxygen atoms in total. The summed E-state index contributed by atoms with van der Waals surface area (Å²) in [6.45, 7) is 14.9. The molecule has 1 aliphatic carbocycles. The second kappa shape index (κ2) is 16.6. The number of benzene rings is 2. The number of azo groups is 1. The number of amides is 2. The molecule has 0 radical (unpaired) electrons.